The topological polar surface area (TPSA) is 70.6 Å². The number of carbonyl (C=O) groups is 1. The van der Waals surface area contributed by atoms with Crippen molar-refractivity contribution in [2.75, 3.05) is 49.2 Å². The lowest BCUT2D eigenvalue weighted by Gasteiger charge is -2.36. The molecule has 2 saturated heterocycles. The molecule has 1 amide bonds. The number of morpholine rings is 1. The highest BCUT2D eigenvalue weighted by Gasteiger charge is 2.28. The third-order valence-electron chi connectivity index (χ3n) is 6.47. The number of hydrogen-bond donors (Lipinski definition) is 1. The van der Waals surface area contributed by atoms with Crippen LogP contribution in [0.15, 0.2) is 24.7 Å². The summed E-state index contributed by atoms with van der Waals surface area (Å²) < 4.78 is 5.48. The van der Waals surface area contributed by atoms with Gasteiger partial charge in [-0.2, -0.15) is 0 Å². The van der Waals surface area contributed by atoms with Crippen LogP contribution in [0.5, 0.6) is 0 Å². The van der Waals surface area contributed by atoms with E-state index in [1.165, 1.54) is 22.3 Å². The van der Waals surface area contributed by atoms with E-state index >= 15 is 0 Å². The minimum absolute atomic E-state index is 0.0544. The van der Waals surface area contributed by atoms with Crippen molar-refractivity contribution < 1.29 is 9.53 Å². The molecule has 166 valence electrons. The van der Waals surface area contributed by atoms with Crippen LogP contribution in [0, 0.1) is 26.7 Å². The Morgan fingerprint density at radius 2 is 1.74 bits per heavy atom. The summed E-state index contributed by atoms with van der Waals surface area (Å²) in [5, 5.41) is 3.18. The number of carbonyl (C=O) groups excluding carboxylic acids is 1. The van der Waals surface area contributed by atoms with E-state index in [-0.39, 0.29) is 11.8 Å². The summed E-state index contributed by atoms with van der Waals surface area (Å²) in [6.07, 6.45) is 5.20. The van der Waals surface area contributed by atoms with Crippen LogP contribution >= 0.6 is 0 Å². The van der Waals surface area contributed by atoms with Gasteiger partial charge in [0, 0.05) is 38.6 Å². The Kier molecular flexibility index (Phi) is 6.70. The average Bonchev–Trinajstić information content (AvgIpc) is 2.79. The van der Waals surface area contributed by atoms with Gasteiger partial charge in [-0.3, -0.25) is 4.79 Å². The quantitative estimate of drug-likeness (QED) is 0.798. The standard InChI is InChI=1S/C24H33N5O2/c1-17-12-18(2)21(19(3)13-17)14-26-24(30)20-4-6-28(7-5-20)22-15-25-16-27-23(22)29-8-10-31-11-9-29/h12-13,15-16,20H,4-11,14H2,1-3H3,(H,26,30). The number of aryl methyl sites for hydroxylation is 3. The SMILES string of the molecule is Cc1cc(C)c(CNC(=O)C2CCN(c3cncnc3N3CCOCC3)CC2)c(C)c1. The van der Waals surface area contributed by atoms with Gasteiger partial charge in [0.05, 0.1) is 25.1 Å². The second kappa shape index (κ2) is 9.64. The van der Waals surface area contributed by atoms with Gasteiger partial charge in [-0.25, -0.2) is 9.97 Å². The molecule has 0 radical (unpaired) electrons. The van der Waals surface area contributed by atoms with E-state index in [1.54, 1.807) is 6.33 Å². The van der Waals surface area contributed by atoms with Crippen LogP contribution in [0.3, 0.4) is 0 Å². The highest BCUT2D eigenvalue weighted by atomic mass is 16.5. The van der Waals surface area contributed by atoms with E-state index in [0.29, 0.717) is 6.54 Å². The van der Waals surface area contributed by atoms with E-state index < -0.39 is 0 Å². The summed E-state index contributed by atoms with van der Waals surface area (Å²) in [7, 11) is 0. The number of aromatic nitrogens is 2. The number of hydrogen-bond acceptors (Lipinski definition) is 6. The molecular weight excluding hydrogens is 390 g/mol. The van der Waals surface area contributed by atoms with Crippen molar-refractivity contribution in [3.63, 3.8) is 0 Å². The average molecular weight is 424 g/mol. The highest BCUT2D eigenvalue weighted by Crippen LogP contribution is 2.30. The molecule has 0 bridgehead atoms. The molecule has 0 spiro atoms. The number of anilines is 2. The largest absolute Gasteiger partial charge is 0.378 e. The van der Waals surface area contributed by atoms with Gasteiger partial charge in [-0.15, -0.1) is 0 Å². The van der Waals surface area contributed by atoms with Crippen molar-refractivity contribution in [2.24, 2.45) is 5.92 Å². The van der Waals surface area contributed by atoms with Crippen LogP contribution in [-0.4, -0.2) is 55.3 Å². The molecule has 2 fully saturated rings. The zero-order valence-corrected chi connectivity index (χ0v) is 18.9. The Hall–Kier alpha value is -2.67. The lowest BCUT2D eigenvalue weighted by Crippen LogP contribution is -2.42. The van der Waals surface area contributed by atoms with Crippen LogP contribution in [-0.2, 0) is 16.1 Å². The van der Waals surface area contributed by atoms with Crippen molar-refractivity contribution in [1.29, 1.82) is 0 Å². The summed E-state index contributed by atoms with van der Waals surface area (Å²) in [5.74, 6) is 1.20. The number of nitrogens with one attached hydrogen (secondary N) is 1. The van der Waals surface area contributed by atoms with Crippen LogP contribution in [0.1, 0.15) is 35.1 Å². The summed E-state index contributed by atoms with van der Waals surface area (Å²) in [5.41, 5.74) is 6.04. The van der Waals surface area contributed by atoms with E-state index in [0.717, 1.165) is 63.7 Å². The molecule has 0 aliphatic carbocycles. The third kappa shape index (κ3) is 4.98. The number of nitrogens with zero attached hydrogens (tertiary/aromatic N) is 4. The molecule has 0 unspecified atom stereocenters. The first kappa shape index (κ1) is 21.6. The fraction of sp³-hybridized carbons (Fsp3) is 0.542. The van der Waals surface area contributed by atoms with Crippen molar-refractivity contribution in [1.82, 2.24) is 15.3 Å². The maximum absolute atomic E-state index is 12.8. The fourth-order valence-electron chi connectivity index (χ4n) is 4.75. The molecule has 2 aliphatic heterocycles. The van der Waals surface area contributed by atoms with Crippen molar-refractivity contribution in [3.05, 3.63) is 46.9 Å². The Balaban J connectivity index is 1.34. The zero-order valence-electron chi connectivity index (χ0n) is 18.9. The van der Waals surface area contributed by atoms with Crippen molar-refractivity contribution in [3.8, 4) is 0 Å². The molecule has 1 aromatic heterocycles. The van der Waals surface area contributed by atoms with Gasteiger partial charge in [0.1, 0.15) is 6.33 Å². The summed E-state index contributed by atoms with van der Waals surface area (Å²) in [6, 6.07) is 4.36. The van der Waals surface area contributed by atoms with Gasteiger partial charge in [0.2, 0.25) is 5.91 Å². The normalized spacial score (nSPS) is 17.6. The number of rotatable bonds is 5. The first-order valence-corrected chi connectivity index (χ1v) is 11.2. The Morgan fingerprint density at radius 3 is 2.42 bits per heavy atom. The van der Waals surface area contributed by atoms with Crippen LogP contribution in [0.25, 0.3) is 0 Å². The molecule has 0 atom stereocenters. The number of ether oxygens (including phenoxy) is 1. The maximum atomic E-state index is 12.8. The minimum atomic E-state index is 0.0544. The maximum Gasteiger partial charge on any atom is 0.223 e. The second-order valence-corrected chi connectivity index (χ2v) is 8.69. The second-order valence-electron chi connectivity index (χ2n) is 8.69. The number of amides is 1. The van der Waals surface area contributed by atoms with Crippen LogP contribution in [0.2, 0.25) is 0 Å². The fourth-order valence-corrected chi connectivity index (χ4v) is 4.75. The molecule has 1 N–H and O–H groups in total. The smallest absolute Gasteiger partial charge is 0.223 e. The first-order chi connectivity index (χ1) is 15.0. The molecular formula is C24H33N5O2. The van der Waals surface area contributed by atoms with Crippen molar-refractivity contribution >= 4 is 17.4 Å². The molecule has 31 heavy (non-hydrogen) atoms. The highest BCUT2D eigenvalue weighted by molar-refractivity contribution is 5.79. The summed E-state index contributed by atoms with van der Waals surface area (Å²) >= 11 is 0. The molecule has 1 aromatic carbocycles. The summed E-state index contributed by atoms with van der Waals surface area (Å²) in [4.78, 5) is 26.3. The molecule has 4 rings (SSSR count). The van der Waals surface area contributed by atoms with Crippen molar-refractivity contribution in [2.45, 2.75) is 40.2 Å². The Morgan fingerprint density at radius 1 is 1.06 bits per heavy atom. The Bertz CT molecular complexity index is 895. The van der Waals surface area contributed by atoms with Gasteiger partial charge in [0.25, 0.3) is 0 Å². The third-order valence-corrected chi connectivity index (χ3v) is 6.47. The lowest BCUT2D eigenvalue weighted by molar-refractivity contribution is -0.125. The van der Waals surface area contributed by atoms with Gasteiger partial charge in [-0.1, -0.05) is 17.7 Å². The van der Waals surface area contributed by atoms with Gasteiger partial charge < -0.3 is 19.9 Å². The monoisotopic (exact) mass is 423 g/mol. The van der Waals surface area contributed by atoms with Gasteiger partial charge >= 0.3 is 0 Å². The lowest BCUT2D eigenvalue weighted by atomic mass is 9.95. The predicted molar refractivity (Wildman–Crippen MR) is 123 cm³/mol. The van der Waals surface area contributed by atoms with E-state index in [2.05, 4.69) is 58.0 Å². The minimum Gasteiger partial charge on any atom is -0.378 e. The van der Waals surface area contributed by atoms with Crippen LogP contribution < -0.4 is 15.1 Å². The number of benzene rings is 1. The molecule has 7 heteroatoms. The zero-order chi connectivity index (χ0) is 21.8. The van der Waals surface area contributed by atoms with E-state index in [1.807, 2.05) is 6.20 Å². The van der Waals surface area contributed by atoms with Gasteiger partial charge in [-0.05, 0) is 50.3 Å². The van der Waals surface area contributed by atoms with E-state index in [4.69, 9.17) is 4.74 Å². The Labute approximate surface area is 184 Å². The molecule has 2 aliphatic rings. The molecule has 2 aromatic rings. The summed E-state index contributed by atoms with van der Waals surface area (Å²) in [6.45, 7) is 11.8. The molecule has 7 nitrogen and oxygen atoms in total. The molecule has 3 heterocycles. The van der Waals surface area contributed by atoms with Crippen LogP contribution in [0.4, 0.5) is 11.5 Å². The number of piperidine rings is 1. The van der Waals surface area contributed by atoms with E-state index in [9.17, 15) is 4.79 Å². The first-order valence-electron chi connectivity index (χ1n) is 11.2. The molecule has 0 saturated carbocycles. The van der Waals surface area contributed by atoms with Gasteiger partial charge in [0.15, 0.2) is 5.82 Å². The predicted octanol–water partition coefficient (Wildman–Crippen LogP) is 2.77.